The van der Waals surface area contributed by atoms with Crippen LogP contribution in [0.15, 0.2) is 61.2 Å². The lowest BCUT2D eigenvalue weighted by molar-refractivity contribution is -0.254. The van der Waals surface area contributed by atoms with Gasteiger partial charge in [-0.15, -0.1) is 22.7 Å². The van der Waals surface area contributed by atoms with Gasteiger partial charge in [0.05, 0.1) is 0 Å². The van der Waals surface area contributed by atoms with E-state index >= 15 is 17.6 Å². The number of thiophene rings is 2. The van der Waals surface area contributed by atoms with Crippen LogP contribution in [0.4, 0.5) is 26.3 Å². The maximum atomic E-state index is 15.5. The Bertz CT molecular complexity index is 1360. The van der Waals surface area contributed by atoms with Gasteiger partial charge in [-0.05, 0) is 71.5 Å². The number of aromatic nitrogens is 2. The third-order valence-corrected chi connectivity index (χ3v) is 9.05. The highest BCUT2D eigenvalue weighted by atomic mass is 32.1. The minimum atomic E-state index is -5.60. The van der Waals surface area contributed by atoms with Crippen LogP contribution >= 0.6 is 22.7 Å². The van der Waals surface area contributed by atoms with Gasteiger partial charge >= 0.3 is 17.8 Å². The molecular weight excluding hydrogens is 530 g/mol. The molecule has 0 aromatic carbocycles. The van der Waals surface area contributed by atoms with Crippen molar-refractivity contribution in [3.8, 4) is 20.9 Å². The van der Waals surface area contributed by atoms with Gasteiger partial charge in [-0.3, -0.25) is 9.97 Å². The van der Waals surface area contributed by atoms with Crippen molar-refractivity contribution >= 4 is 33.8 Å². The number of pyridine rings is 2. The lowest BCUT2D eigenvalue weighted by atomic mass is 9.93. The molecule has 0 fully saturated rings. The average Bonchev–Trinajstić information content (AvgIpc) is 3.54. The maximum absolute atomic E-state index is 15.5. The van der Waals surface area contributed by atoms with Gasteiger partial charge in [0, 0.05) is 55.4 Å². The van der Waals surface area contributed by atoms with Crippen LogP contribution in [-0.4, -0.2) is 27.7 Å². The maximum Gasteiger partial charge on any atom is 0.380 e. The smallest absolute Gasteiger partial charge is 0.265 e. The first-order valence-electron chi connectivity index (χ1n) is 11.5. The zero-order valence-electron chi connectivity index (χ0n) is 19.7. The highest BCUT2D eigenvalue weighted by molar-refractivity contribution is 7.16. The normalized spacial score (nSPS) is 17.9. The molecule has 192 valence electrons. The second-order valence-electron chi connectivity index (χ2n) is 8.55. The van der Waals surface area contributed by atoms with E-state index in [-0.39, 0.29) is 24.0 Å². The van der Waals surface area contributed by atoms with Crippen molar-refractivity contribution in [2.75, 3.05) is 0 Å². The molecule has 1 aliphatic carbocycles. The molecule has 4 aromatic rings. The monoisotopic (exact) mass is 550 g/mol. The third kappa shape index (κ3) is 3.84. The zero-order chi connectivity index (χ0) is 26.6. The van der Waals surface area contributed by atoms with Crippen LogP contribution in [0.3, 0.4) is 0 Å². The highest BCUT2D eigenvalue weighted by Crippen LogP contribution is 2.66. The van der Waals surface area contributed by atoms with Gasteiger partial charge in [-0.1, -0.05) is 13.8 Å². The number of alkyl halides is 6. The fraction of sp³-hybridized carbons (Fsp3) is 0.259. The summed E-state index contributed by atoms with van der Waals surface area (Å²) in [6, 6.07) is 9.23. The van der Waals surface area contributed by atoms with Crippen molar-refractivity contribution in [2.24, 2.45) is 0 Å². The average molecular weight is 551 g/mol. The van der Waals surface area contributed by atoms with Crippen LogP contribution < -0.4 is 0 Å². The third-order valence-electron chi connectivity index (χ3n) is 6.40. The van der Waals surface area contributed by atoms with Crippen molar-refractivity contribution in [3.05, 3.63) is 82.1 Å². The molecule has 1 aliphatic rings. The summed E-state index contributed by atoms with van der Waals surface area (Å²) in [6.45, 7) is 3.36. The van der Waals surface area contributed by atoms with E-state index in [1.54, 1.807) is 38.1 Å². The summed E-state index contributed by atoms with van der Waals surface area (Å²) in [7, 11) is 0. The number of hydrogen-bond donors (Lipinski definition) is 0. The molecule has 4 aromatic heterocycles. The Morgan fingerprint density at radius 2 is 0.973 bits per heavy atom. The molecule has 0 N–H and O–H groups in total. The Morgan fingerprint density at radius 3 is 1.30 bits per heavy atom. The van der Waals surface area contributed by atoms with Crippen molar-refractivity contribution in [2.45, 2.75) is 44.5 Å². The van der Waals surface area contributed by atoms with E-state index in [0.717, 1.165) is 22.7 Å². The summed E-state index contributed by atoms with van der Waals surface area (Å²) in [5.74, 6) is -15.8. The van der Waals surface area contributed by atoms with Crippen LogP contribution in [0, 0.1) is 0 Å². The Hall–Kier alpha value is -2.98. The van der Waals surface area contributed by atoms with Gasteiger partial charge in [0.1, 0.15) is 0 Å². The molecule has 5 rings (SSSR count). The molecule has 0 unspecified atom stereocenters. The van der Waals surface area contributed by atoms with E-state index in [9.17, 15) is 8.78 Å². The Morgan fingerprint density at radius 1 is 0.622 bits per heavy atom. The van der Waals surface area contributed by atoms with Crippen LogP contribution in [0.1, 0.15) is 34.7 Å². The Balaban J connectivity index is 1.82. The summed E-state index contributed by atoms with van der Waals surface area (Å²) in [5, 5.41) is 0. The molecule has 0 spiro atoms. The van der Waals surface area contributed by atoms with Gasteiger partial charge in [0.25, 0.3) is 0 Å². The highest BCUT2D eigenvalue weighted by Gasteiger charge is 2.80. The quantitative estimate of drug-likeness (QED) is 0.224. The molecule has 0 aliphatic heterocycles. The van der Waals surface area contributed by atoms with Crippen molar-refractivity contribution < 1.29 is 26.3 Å². The molecule has 0 radical (unpaired) electrons. The first-order chi connectivity index (χ1) is 17.5. The number of hydrogen-bond acceptors (Lipinski definition) is 4. The molecule has 4 heterocycles. The largest absolute Gasteiger partial charge is 0.380 e. The van der Waals surface area contributed by atoms with Gasteiger partial charge in [-0.25, -0.2) is 0 Å². The lowest BCUT2D eigenvalue weighted by Gasteiger charge is -2.25. The molecule has 10 heteroatoms. The summed E-state index contributed by atoms with van der Waals surface area (Å²) in [6.07, 6.45) is 6.46. The predicted molar refractivity (Wildman–Crippen MR) is 136 cm³/mol. The summed E-state index contributed by atoms with van der Waals surface area (Å²) in [5.41, 5.74) is -1.88. The fourth-order valence-corrected chi connectivity index (χ4v) is 6.78. The second-order valence-corrected chi connectivity index (χ2v) is 10.8. The zero-order valence-corrected chi connectivity index (χ0v) is 21.3. The Kier molecular flexibility index (Phi) is 6.31. The summed E-state index contributed by atoms with van der Waals surface area (Å²) >= 11 is 2.24. The molecule has 0 saturated heterocycles. The molecule has 0 atom stereocenters. The Labute approximate surface area is 217 Å². The number of aryl methyl sites for hydroxylation is 2. The number of halogens is 6. The van der Waals surface area contributed by atoms with Crippen LogP contribution in [0.2, 0.25) is 0 Å². The van der Waals surface area contributed by atoms with Gasteiger partial charge < -0.3 is 0 Å². The second kappa shape index (κ2) is 9.09. The van der Waals surface area contributed by atoms with E-state index in [2.05, 4.69) is 9.97 Å². The van der Waals surface area contributed by atoms with E-state index in [1.165, 1.54) is 36.9 Å². The number of rotatable bonds is 6. The van der Waals surface area contributed by atoms with Crippen LogP contribution in [0.5, 0.6) is 0 Å². The van der Waals surface area contributed by atoms with Crippen molar-refractivity contribution in [1.82, 2.24) is 9.97 Å². The first-order valence-corrected chi connectivity index (χ1v) is 13.1. The van der Waals surface area contributed by atoms with Gasteiger partial charge in [0.15, 0.2) is 0 Å². The van der Waals surface area contributed by atoms with E-state index < -0.39 is 28.9 Å². The molecule has 37 heavy (non-hydrogen) atoms. The summed E-state index contributed by atoms with van der Waals surface area (Å²) in [4.78, 5) is 9.54. The topological polar surface area (TPSA) is 25.8 Å². The molecular formula is C27H20F6N2S2. The number of nitrogens with zero attached hydrogens (tertiary/aromatic N) is 2. The summed E-state index contributed by atoms with van der Waals surface area (Å²) < 4.78 is 91.9. The van der Waals surface area contributed by atoms with Gasteiger partial charge in [0.2, 0.25) is 0 Å². The number of allylic oxidation sites excluding steroid dienone is 2. The molecule has 2 nitrogen and oxygen atoms in total. The molecule has 0 saturated carbocycles. The minimum Gasteiger partial charge on any atom is -0.265 e. The van der Waals surface area contributed by atoms with Crippen LogP contribution in [-0.2, 0) is 12.8 Å². The lowest BCUT2D eigenvalue weighted by Crippen LogP contribution is -2.48. The van der Waals surface area contributed by atoms with Crippen molar-refractivity contribution in [3.63, 3.8) is 0 Å². The molecule has 0 amide bonds. The predicted octanol–water partition coefficient (Wildman–Crippen LogP) is 8.89. The standard InChI is InChI=1S/C27H20F6N2S2/c1-3-19-17(13-21(36-19)15-5-9-34-10-6-15)23-24(26(30,31)27(32,33)25(23,28)29)18-14-22(37-20(18)4-2)16-7-11-35-12-8-16/h5-14H,3-4H2,1-2H3. The van der Waals surface area contributed by atoms with Crippen molar-refractivity contribution in [1.29, 1.82) is 0 Å². The first kappa shape index (κ1) is 25.7. The molecule has 0 bridgehead atoms. The fourth-order valence-electron chi connectivity index (χ4n) is 4.56. The van der Waals surface area contributed by atoms with E-state index in [4.69, 9.17) is 0 Å². The van der Waals surface area contributed by atoms with Gasteiger partial charge in [-0.2, -0.15) is 26.3 Å². The van der Waals surface area contributed by atoms with E-state index in [1.807, 2.05) is 0 Å². The SMILES string of the molecule is CCc1sc(-c2ccncc2)cc1C1=C(c2cc(-c3ccncc3)sc2CC)C(F)(F)C(F)(F)C1(F)F. The van der Waals surface area contributed by atoms with Crippen LogP contribution in [0.25, 0.3) is 32.0 Å². The minimum absolute atomic E-state index is 0.210. The van der Waals surface area contributed by atoms with E-state index in [0.29, 0.717) is 30.6 Å².